The van der Waals surface area contributed by atoms with Crippen LogP contribution in [0, 0.1) is 5.92 Å². The first-order chi connectivity index (χ1) is 9.83. The lowest BCUT2D eigenvalue weighted by molar-refractivity contribution is -0.117. The highest BCUT2D eigenvalue weighted by atomic mass is 16.2. The normalized spacial score (nSPS) is 24.8. The van der Waals surface area contributed by atoms with Gasteiger partial charge in [0.25, 0.3) is 0 Å². The van der Waals surface area contributed by atoms with Gasteiger partial charge in [-0.25, -0.2) is 4.98 Å². The van der Waals surface area contributed by atoms with Crippen molar-refractivity contribution in [1.29, 1.82) is 0 Å². The van der Waals surface area contributed by atoms with Crippen LogP contribution < -0.4 is 15.5 Å². The molecule has 5 heteroatoms. The molecule has 0 radical (unpaired) electrons. The van der Waals surface area contributed by atoms with Crippen molar-refractivity contribution < 1.29 is 4.79 Å². The van der Waals surface area contributed by atoms with Crippen molar-refractivity contribution in [1.82, 2.24) is 10.3 Å². The second-order valence-electron chi connectivity index (χ2n) is 6.01. The fraction of sp³-hybridized carbons (Fsp3) is 0.600. The lowest BCUT2D eigenvalue weighted by Gasteiger charge is -2.41. The van der Waals surface area contributed by atoms with Crippen LogP contribution in [0.15, 0.2) is 12.3 Å². The third kappa shape index (κ3) is 2.06. The van der Waals surface area contributed by atoms with Crippen LogP contribution in [0.3, 0.4) is 0 Å². The van der Waals surface area contributed by atoms with Crippen molar-refractivity contribution in [3.8, 4) is 0 Å². The summed E-state index contributed by atoms with van der Waals surface area (Å²) in [6, 6.07) is 2.50. The van der Waals surface area contributed by atoms with Crippen molar-refractivity contribution >= 4 is 17.4 Å². The number of carbonyl (C=O) groups is 1. The van der Waals surface area contributed by atoms with Crippen LogP contribution in [0.5, 0.6) is 0 Å². The van der Waals surface area contributed by atoms with Gasteiger partial charge in [0.05, 0.1) is 0 Å². The van der Waals surface area contributed by atoms with Crippen LogP contribution in [0.25, 0.3) is 0 Å². The number of carbonyl (C=O) groups excluding carboxylic acids is 1. The molecule has 0 bridgehead atoms. The Morgan fingerprint density at radius 1 is 1.40 bits per heavy atom. The molecule has 2 N–H and O–H groups in total. The van der Waals surface area contributed by atoms with Crippen LogP contribution in [0.1, 0.15) is 24.8 Å². The molecule has 1 aliphatic carbocycles. The number of nitrogens with zero attached hydrogens (tertiary/aromatic N) is 2. The summed E-state index contributed by atoms with van der Waals surface area (Å²) in [5.41, 5.74) is 2.20. The lowest BCUT2D eigenvalue weighted by Crippen LogP contribution is -2.53. The molecule has 1 saturated carbocycles. The van der Waals surface area contributed by atoms with E-state index in [1.54, 1.807) is 0 Å². The third-order valence-electron chi connectivity index (χ3n) is 4.59. The lowest BCUT2D eigenvalue weighted by atomic mass is 9.96. The fourth-order valence-corrected chi connectivity index (χ4v) is 3.28. The summed E-state index contributed by atoms with van der Waals surface area (Å²) >= 11 is 0. The number of nitrogens with one attached hydrogen (secondary N) is 2. The van der Waals surface area contributed by atoms with E-state index in [4.69, 9.17) is 0 Å². The van der Waals surface area contributed by atoms with E-state index >= 15 is 0 Å². The van der Waals surface area contributed by atoms with Gasteiger partial charge in [0.2, 0.25) is 5.91 Å². The van der Waals surface area contributed by atoms with E-state index in [0.717, 1.165) is 56.8 Å². The van der Waals surface area contributed by atoms with Gasteiger partial charge >= 0.3 is 0 Å². The van der Waals surface area contributed by atoms with Crippen molar-refractivity contribution in [2.45, 2.75) is 31.7 Å². The quantitative estimate of drug-likeness (QED) is 0.848. The molecule has 20 heavy (non-hydrogen) atoms. The molecule has 0 aromatic carbocycles. The minimum atomic E-state index is 0.181. The Bertz CT molecular complexity index is 541. The first-order valence-electron chi connectivity index (χ1n) is 7.59. The van der Waals surface area contributed by atoms with E-state index in [9.17, 15) is 4.79 Å². The van der Waals surface area contributed by atoms with Crippen molar-refractivity contribution in [3.63, 3.8) is 0 Å². The molecular formula is C15H20N4O. The molecule has 0 unspecified atom stereocenters. The summed E-state index contributed by atoms with van der Waals surface area (Å²) < 4.78 is 0. The molecular weight excluding hydrogens is 252 g/mol. The van der Waals surface area contributed by atoms with E-state index < -0.39 is 0 Å². The highest BCUT2D eigenvalue weighted by Gasteiger charge is 2.33. The van der Waals surface area contributed by atoms with E-state index in [2.05, 4.69) is 20.5 Å². The van der Waals surface area contributed by atoms with Gasteiger partial charge < -0.3 is 15.5 Å². The number of aromatic nitrogens is 1. The number of piperazine rings is 1. The maximum absolute atomic E-state index is 12.0. The van der Waals surface area contributed by atoms with Gasteiger partial charge in [-0.3, -0.25) is 4.79 Å². The number of anilines is 2. The molecule has 2 fully saturated rings. The molecule has 1 atom stereocenters. The second kappa shape index (κ2) is 4.74. The minimum absolute atomic E-state index is 0.181. The largest absolute Gasteiger partial charge is 0.351 e. The molecule has 1 aromatic heterocycles. The Kier molecular flexibility index (Phi) is 2.88. The van der Waals surface area contributed by atoms with Crippen molar-refractivity contribution in [3.05, 3.63) is 17.8 Å². The number of hydrogen-bond acceptors (Lipinski definition) is 4. The van der Waals surface area contributed by atoms with Crippen LogP contribution in [-0.4, -0.2) is 36.6 Å². The first-order valence-corrected chi connectivity index (χ1v) is 7.59. The summed E-state index contributed by atoms with van der Waals surface area (Å²) in [6.07, 6.45) is 6.05. The van der Waals surface area contributed by atoms with Gasteiger partial charge in [-0.1, -0.05) is 0 Å². The number of pyridine rings is 1. The molecule has 4 rings (SSSR count). The molecule has 3 aliphatic rings. The predicted octanol–water partition coefficient (Wildman–Crippen LogP) is 1.15. The Labute approximate surface area is 118 Å². The van der Waals surface area contributed by atoms with E-state index in [-0.39, 0.29) is 11.8 Å². The van der Waals surface area contributed by atoms with Gasteiger partial charge in [-0.2, -0.15) is 0 Å². The molecule has 1 aromatic rings. The summed E-state index contributed by atoms with van der Waals surface area (Å²) in [5.74, 6) is 1.51. The Hall–Kier alpha value is -1.62. The maximum Gasteiger partial charge on any atom is 0.227 e. The fourth-order valence-electron chi connectivity index (χ4n) is 3.28. The van der Waals surface area contributed by atoms with Gasteiger partial charge in [0, 0.05) is 49.0 Å². The minimum Gasteiger partial charge on any atom is -0.351 e. The molecule has 3 heterocycles. The highest BCUT2D eigenvalue weighted by Crippen LogP contribution is 2.36. The van der Waals surface area contributed by atoms with Crippen molar-refractivity contribution in [2.75, 3.05) is 29.9 Å². The van der Waals surface area contributed by atoms with Crippen LogP contribution in [0.2, 0.25) is 0 Å². The second-order valence-corrected chi connectivity index (χ2v) is 6.01. The van der Waals surface area contributed by atoms with Crippen LogP contribution in [-0.2, 0) is 11.2 Å². The van der Waals surface area contributed by atoms with E-state index in [0.29, 0.717) is 6.04 Å². The van der Waals surface area contributed by atoms with E-state index in [1.807, 2.05) is 12.3 Å². The third-order valence-corrected chi connectivity index (χ3v) is 4.59. The van der Waals surface area contributed by atoms with Gasteiger partial charge in [-0.05, 0) is 31.7 Å². The van der Waals surface area contributed by atoms with Gasteiger partial charge in [0.1, 0.15) is 5.82 Å². The average Bonchev–Trinajstić information content (AvgIpc) is 3.32. The zero-order valence-electron chi connectivity index (χ0n) is 11.6. The van der Waals surface area contributed by atoms with Crippen LogP contribution >= 0.6 is 0 Å². The summed E-state index contributed by atoms with van der Waals surface area (Å²) in [5, 5.41) is 6.55. The van der Waals surface area contributed by atoms with Crippen LogP contribution in [0.4, 0.5) is 11.5 Å². The van der Waals surface area contributed by atoms with Gasteiger partial charge in [0.15, 0.2) is 0 Å². The maximum atomic E-state index is 12.0. The Balaban J connectivity index is 1.63. The Morgan fingerprint density at radius 3 is 3.15 bits per heavy atom. The Morgan fingerprint density at radius 2 is 2.30 bits per heavy atom. The highest BCUT2D eigenvalue weighted by molar-refractivity contribution is 5.95. The SMILES string of the molecule is O=C(Nc1ccnc2c1CC[C@@H]1CNCCN21)C1CC1. The average molecular weight is 272 g/mol. The van der Waals surface area contributed by atoms with E-state index in [1.165, 1.54) is 5.56 Å². The molecule has 106 valence electrons. The summed E-state index contributed by atoms with van der Waals surface area (Å²) in [6.45, 7) is 3.06. The number of hydrogen-bond donors (Lipinski definition) is 2. The standard InChI is InChI=1S/C15H20N4O/c20-15(10-1-2-10)18-13-5-6-17-14-12(13)4-3-11-9-16-7-8-19(11)14/h5-6,10-11,16H,1-4,7-9H2,(H,17,18,20)/t11-/m1/s1. The molecule has 2 aliphatic heterocycles. The smallest absolute Gasteiger partial charge is 0.227 e. The zero-order valence-corrected chi connectivity index (χ0v) is 11.6. The van der Waals surface area contributed by atoms with Gasteiger partial charge in [-0.15, -0.1) is 0 Å². The molecule has 0 spiro atoms. The van der Waals surface area contributed by atoms with Crippen molar-refractivity contribution in [2.24, 2.45) is 5.92 Å². The molecule has 1 saturated heterocycles. The topological polar surface area (TPSA) is 57.3 Å². The number of amides is 1. The summed E-state index contributed by atoms with van der Waals surface area (Å²) in [7, 11) is 0. The number of rotatable bonds is 2. The number of fused-ring (bicyclic) bond motifs is 3. The zero-order chi connectivity index (χ0) is 13.5. The predicted molar refractivity (Wildman–Crippen MR) is 77.9 cm³/mol. The molecule has 5 nitrogen and oxygen atoms in total. The molecule has 1 amide bonds. The first kappa shape index (κ1) is 12.1. The monoisotopic (exact) mass is 272 g/mol. The summed E-state index contributed by atoms with van der Waals surface area (Å²) in [4.78, 5) is 19.0.